The van der Waals surface area contributed by atoms with E-state index in [0.29, 0.717) is 12.0 Å². The van der Waals surface area contributed by atoms with E-state index in [2.05, 4.69) is 11.8 Å². The van der Waals surface area contributed by atoms with Gasteiger partial charge in [0.05, 0.1) is 12.2 Å². The standard InChI is InChI=1S/C11H20ClNO/c1-9-6-13(7-10-3-2-4-10)8-11(5-12)14-9/h9-11H,2-8H2,1H3. The molecular weight excluding hydrogens is 198 g/mol. The topological polar surface area (TPSA) is 12.5 Å². The first-order valence-corrected chi connectivity index (χ1v) is 6.25. The molecule has 2 rings (SSSR count). The summed E-state index contributed by atoms with van der Waals surface area (Å²) in [4.78, 5) is 2.53. The van der Waals surface area contributed by atoms with Gasteiger partial charge in [0.1, 0.15) is 0 Å². The van der Waals surface area contributed by atoms with Gasteiger partial charge in [-0.15, -0.1) is 11.6 Å². The molecule has 82 valence electrons. The van der Waals surface area contributed by atoms with E-state index in [1.54, 1.807) is 0 Å². The van der Waals surface area contributed by atoms with Crippen molar-refractivity contribution in [2.24, 2.45) is 5.92 Å². The molecule has 0 radical (unpaired) electrons. The summed E-state index contributed by atoms with van der Waals surface area (Å²) >= 11 is 5.84. The van der Waals surface area contributed by atoms with Crippen LogP contribution >= 0.6 is 11.6 Å². The molecule has 0 bridgehead atoms. The zero-order valence-electron chi connectivity index (χ0n) is 8.92. The van der Waals surface area contributed by atoms with Crippen LogP contribution < -0.4 is 0 Å². The summed E-state index contributed by atoms with van der Waals surface area (Å²) in [5.41, 5.74) is 0. The Kier molecular flexibility index (Phi) is 3.69. The number of alkyl halides is 1. The lowest BCUT2D eigenvalue weighted by Crippen LogP contribution is -2.49. The predicted molar refractivity (Wildman–Crippen MR) is 58.8 cm³/mol. The molecule has 3 heteroatoms. The van der Waals surface area contributed by atoms with E-state index in [-0.39, 0.29) is 6.10 Å². The van der Waals surface area contributed by atoms with Gasteiger partial charge in [-0.25, -0.2) is 0 Å². The molecular formula is C11H20ClNO. The Bertz CT molecular complexity index is 182. The second-order valence-corrected chi connectivity index (χ2v) is 5.05. The van der Waals surface area contributed by atoms with E-state index in [1.165, 1.54) is 25.8 Å². The van der Waals surface area contributed by atoms with Crippen molar-refractivity contribution < 1.29 is 4.74 Å². The van der Waals surface area contributed by atoms with Gasteiger partial charge in [0.15, 0.2) is 0 Å². The fraction of sp³-hybridized carbons (Fsp3) is 1.00. The molecule has 14 heavy (non-hydrogen) atoms. The Hall–Kier alpha value is 0.210. The lowest BCUT2D eigenvalue weighted by molar-refractivity contribution is -0.0724. The lowest BCUT2D eigenvalue weighted by atomic mass is 9.85. The molecule has 2 fully saturated rings. The van der Waals surface area contributed by atoms with E-state index in [1.807, 2.05) is 0 Å². The Labute approximate surface area is 91.6 Å². The highest BCUT2D eigenvalue weighted by Crippen LogP contribution is 2.28. The number of hydrogen-bond acceptors (Lipinski definition) is 2. The monoisotopic (exact) mass is 217 g/mol. The zero-order valence-corrected chi connectivity index (χ0v) is 9.67. The van der Waals surface area contributed by atoms with Crippen LogP contribution in [0.15, 0.2) is 0 Å². The van der Waals surface area contributed by atoms with E-state index in [4.69, 9.17) is 16.3 Å². The van der Waals surface area contributed by atoms with E-state index >= 15 is 0 Å². The van der Waals surface area contributed by atoms with Crippen LogP contribution in [0.1, 0.15) is 26.2 Å². The fourth-order valence-electron chi connectivity index (χ4n) is 2.42. The Balaban J connectivity index is 1.78. The third-order valence-corrected chi connectivity index (χ3v) is 3.66. The average Bonchev–Trinajstić information content (AvgIpc) is 2.10. The number of rotatable bonds is 3. The van der Waals surface area contributed by atoms with Crippen LogP contribution in [0.3, 0.4) is 0 Å². The molecule has 2 unspecified atom stereocenters. The van der Waals surface area contributed by atoms with Crippen LogP contribution in [0.5, 0.6) is 0 Å². The van der Waals surface area contributed by atoms with E-state index in [9.17, 15) is 0 Å². The van der Waals surface area contributed by atoms with Crippen LogP contribution in [0, 0.1) is 5.92 Å². The smallest absolute Gasteiger partial charge is 0.0841 e. The summed E-state index contributed by atoms with van der Waals surface area (Å²) in [6.07, 6.45) is 4.89. The number of hydrogen-bond donors (Lipinski definition) is 0. The van der Waals surface area contributed by atoms with Crippen molar-refractivity contribution in [2.75, 3.05) is 25.5 Å². The van der Waals surface area contributed by atoms with E-state index in [0.717, 1.165) is 19.0 Å². The van der Waals surface area contributed by atoms with Gasteiger partial charge in [0.25, 0.3) is 0 Å². The molecule has 1 aliphatic carbocycles. The number of nitrogens with zero attached hydrogens (tertiary/aromatic N) is 1. The van der Waals surface area contributed by atoms with Crippen molar-refractivity contribution in [3.8, 4) is 0 Å². The van der Waals surface area contributed by atoms with Gasteiger partial charge in [-0.05, 0) is 25.7 Å². The molecule has 0 amide bonds. The Morgan fingerprint density at radius 3 is 2.71 bits per heavy atom. The summed E-state index contributed by atoms with van der Waals surface area (Å²) in [7, 11) is 0. The van der Waals surface area contributed by atoms with Gasteiger partial charge >= 0.3 is 0 Å². The molecule has 2 atom stereocenters. The molecule has 0 aromatic carbocycles. The summed E-state index contributed by atoms with van der Waals surface area (Å²) in [5.74, 6) is 1.59. The fourth-order valence-corrected chi connectivity index (χ4v) is 2.59. The largest absolute Gasteiger partial charge is 0.371 e. The van der Waals surface area contributed by atoms with Crippen LogP contribution in [0.25, 0.3) is 0 Å². The highest BCUT2D eigenvalue weighted by molar-refractivity contribution is 6.18. The molecule has 0 aromatic rings. The van der Waals surface area contributed by atoms with Gasteiger partial charge in [-0.3, -0.25) is 4.90 Å². The van der Waals surface area contributed by atoms with Crippen molar-refractivity contribution in [3.05, 3.63) is 0 Å². The second kappa shape index (κ2) is 4.82. The van der Waals surface area contributed by atoms with Crippen LogP contribution in [0.2, 0.25) is 0 Å². The van der Waals surface area contributed by atoms with Gasteiger partial charge in [0.2, 0.25) is 0 Å². The molecule has 0 N–H and O–H groups in total. The predicted octanol–water partition coefficient (Wildman–Crippen LogP) is 2.11. The lowest BCUT2D eigenvalue weighted by Gasteiger charge is -2.39. The first-order chi connectivity index (χ1) is 6.78. The molecule has 0 spiro atoms. The Morgan fingerprint density at radius 2 is 2.14 bits per heavy atom. The molecule has 0 aromatic heterocycles. The molecule has 2 aliphatic rings. The minimum atomic E-state index is 0.250. The maximum absolute atomic E-state index is 5.84. The SMILES string of the molecule is CC1CN(CC2CCC2)CC(CCl)O1. The van der Waals surface area contributed by atoms with Gasteiger partial charge < -0.3 is 4.74 Å². The number of halogens is 1. The first kappa shape index (κ1) is 10.7. The van der Waals surface area contributed by atoms with E-state index < -0.39 is 0 Å². The van der Waals surface area contributed by atoms with Gasteiger partial charge in [-0.2, -0.15) is 0 Å². The third kappa shape index (κ3) is 2.62. The summed E-state index contributed by atoms with van der Waals surface area (Å²) < 4.78 is 5.73. The van der Waals surface area contributed by atoms with Gasteiger partial charge in [-0.1, -0.05) is 6.42 Å². The third-order valence-electron chi connectivity index (χ3n) is 3.32. The quantitative estimate of drug-likeness (QED) is 0.672. The number of ether oxygens (including phenoxy) is 1. The normalized spacial score (nSPS) is 35.6. The zero-order chi connectivity index (χ0) is 9.97. The summed E-state index contributed by atoms with van der Waals surface area (Å²) in [5, 5.41) is 0. The van der Waals surface area contributed by atoms with Crippen molar-refractivity contribution in [1.29, 1.82) is 0 Å². The highest BCUT2D eigenvalue weighted by atomic mass is 35.5. The molecule has 1 aliphatic heterocycles. The van der Waals surface area contributed by atoms with Crippen molar-refractivity contribution in [3.63, 3.8) is 0 Å². The first-order valence-electron chi connectivity index (χ1n) is 5.71. The highest BCUT2D eigenvalue weighted by Gasteiger charge is 2.28. The molecule has 1 saturated heterocycles. The van der Waals surface area contributed by atoms with Crippen LogP contribution in [-0.2, 0) is 4.74 Å². The molecule has 1 heterocycles. The summed E-state index contributed by atoms with van der Waals surface area (Å²) in [6, 6.07) is 0. The van der Waals surface area contributed by atoms with Crippen molar-refractivity contribution >= 4 is 11.6 Å². The average molecular weight is 218 g/mol. The second-order valence-electron chi connectivity index (χ2n) is 4.74. The van der Waals surface area contributed by atoms with Crippen LogP contribution in [0.4, 0.5) is 0 Å². The summed E-state index contributed by atoms with van der Waals surface area (Å²) in [6.45, 7) is 5.53. The number of morpholine rings is 1. The molecule has 1 saturated carbocycles. The minimum absolute atomic E-state index is 0.250. The minimum Gasteiger partial charge on any atom is -0.371 e. The molecule has 2 nitrogen and oxygen atoms in total. The van der Waals surface area contributed by atoms with Crippen molar-refractivity contribution in [2.45, 2.75) is 38.4 Å². The Morgan fingerprint density at radius 1 is 1.36 bits per heavy atom. The van der Waals surface area contributed by atoms with Crippen LogP contribution in [-0.4, -0.2) is 42.6 Å². The maximum atomic E-state index is 5.84. The van der Waals surface area contributed by atoms with Crippen molar-refractivity contribution in [1.82, 2.24) is 4.90 Å². The maximum Gasteiger partial charge on any atom is 0.0841 e. The van der Waals surface area contributed by atoms with Gasteiger partial charge in [0, 0.05) is 25.5 Å².